The Kier molecular flexibility index (Phi) is 3.62. The van der Waals surface area contributed by atoms with Crippen molar-refractivity contribution in [3.05, 3.63) is 64.5 Å². The second kappa shape index (κ2) is 5.58. The molecule has 3 rings (SSSR count). The van der Waals surface area contributed by atoms with Gasteiger partial charge in [-0.05, 0) is 35.9 Å². The third kappa shape index (κ3) is 3.06. The second-order valence-corrected chi connectivity index (χ2v) is 5.16. The number of nitrogens with one attached hydrogen (secondary N) is 1. The van der Waals surface area contributed by atoms with Crippen LogP contribution < -0.4 is 5.32 Å². The molecule has 1 heterocycles. The highest BCUT2D eigenvalue weighted by molar-refractivity contribution is 6.30. The first kappa shape index (κ1) is 13.6. The van der Waals surface area contributed by atoms with E-state index in [4.69, 9.17) is 16.0 Å². The van der Waals surface area contributed by atoms with Gasteiger partial charge in [0.25, 0.3) is 5.91 Å². The minimum Gasteiger partial charge on any atom is -0.441 e. The maximum atomic E-state index is 12.0. The molecule has 2 aromatic carbocycles. The van der Waals surface area contributed by atoms with Gasteiger partial charge < -0.3 is 9.73 Å². The van der Waals surface area contributed by atoms with E-state index in [0.717, 1.165) is 16.7 Å². The Balaban J connectivity index is 1.72. The summed E-state index contributed by atoms with van der Waals surface area (Å²) in [7, 11) is 0. The van der Waals surface area contributed by atoms with Gasteiger partial charge in [0.1, 0.15) is 5.52 Å². The molecule has 5 heteroatoms. The molecule has 1 aromatic heterocycles. The van der Waals surface area contributed by atoms with Gasteiger partial charge in [-0.1, -0.05) is 23.7 Å². The van der Waals surface area contributed by atoms with E-state index >= 15 is 0 Å². The SMILES string of the molecule is Cc1nc2ccc(CNC(=O)c3cccc(Cl)c3)cc2o1. The van der Waals surface area contributed by atoms with E-state index in [1.165, 1.54) is 0 Å². The largest absolute Gasteiger partial charge is 0.441 e. The predicted molar refractivity (Wildman–Crippen MR) is 81.4 cm³/mol. The number of benzene rings is 2. The molecule has 4 nitrogen and oxygen atoms in total. The molecular weight excluding hydrogens is 288 g/mol. The second-order valence-electron chi connectivity index (χ2n) is 4.73. The quantitative estimate of drug-likeness (QED) is 0.802. The standard InChI is InChI=1S/C16H13ClN2O2/c1-10-19-14-6-5-11(7-15(14)21-10)9-18-16(20)12-3-2-4-13(17)8-12/h2-8H,9H2,1H3,(H,18,20). The van der Waals surface area contributed by atoms with E-state index in [9.17, 15) is 4.79 Å². The van der Waals surface area contributed by atoms with E-state index in [0.29, 0.717) is 23.0 Å². The molecule has 21 heavy (non-hydrogen) atoms. The number of amides is 1. The Morgan fingerprint density at radius 1 is 1.29 bits per heavy atom. The van der Waals surface area contributed by atoms with Crippen molar-refractivity contribution in [3.8, 4) is 0 Å². The van der Waals surface area contributed by atoms with Crippen molar-refractivity contribution in [2.75, 3.05) is 0 Å². The molecule has 0 atom stereocenters. The monoisotopic (exact) mass is 300 g/mol. The number of aromatic nitrogens is 1. The molecule has 0 aliphatic rings. The van der Waals surface area contributed by atoms with Crippen LogP contribution in [0.3, 0.4) is 0 Å². The lowest BCUT2D eigenvalue weighted by Gasteiger charge is -2.05. The van der Waals surface area contributed by atoms with Crippen LogP contribution in [0.2, 0.25) is 5.02 Å². The van der Waals surface area contributed by atoms with Gasteiger partial charge in [0.2, 0.25) is 0 Å². The van der Waals surface area contributed by atoms with E-state index in [-0.39, 0.29) is 5.91 Å². The van der Waals surface area contributed by atoms with Crippen LogP contribution in [-0.2, 0) is 6.54 Å². The maximum Gasteiger partial charge on any atom is 0.251 e. The number of halogens is 1. The first-order valence-corrected chi connectivity index (χ1v) is 6.89. The van der Waals surface area contributed by atoms with Crippen LogP contribution in [0, 0.1) is 6.92 Å². The van der Waals surface area contributed by atoms with Crippen LogP contribution in [0.1, 0.15) is 21.8 Å². The number of carbonyl (C=O) groups excluding carboxylic acids is 1. The van der Waals surface area contributed by atoms with Crippen molar-refractivity contribution in [1.29, 1.82) is 0 Å². The molecule has 106 valence electrons. The zero-order valence-electron chi connectivity index (χ0n) is 11.4. The molecular formula is C16H13ClN2O2. The summed E-state index contributed by atoms with van der Waals surface area (Å²) in [6.07, 6.45) is 0. The van der Waals surface area contributed by atoms with Gasteiger partial charge >= 0.3 is 0 Å². The van der Waals surface area contributed by atoms with E-state index in [1.54, 1.807) is 31.2 Å². The van der Waals surface area contributed by atoms with Crippen molar-refractivity contribution in [2.24, 2.45) is 0 Å². The van der Waals surface area contributed by atoms with Crippen molar-refractivity contribution in [1.82, 2.24) is 10.3 Å². The fraction of sp³-hybridized carbons (Fsp3) is 0.125. The first-order valence-electron chi connectivity index (χ1n) is 6.52. The number of aryl methyl sites for hydroxylation is 1. The van der Waals surface area contributed by atoms with Gasteiger partial charge in [0, 0.05) is 24.1 Å². The van der Waals surface area contributed by atoms with Crippen molar-refractivity contribution < 1.29 is 9.21 Å². The summed E-state index contributed by atoms with van der Waals surface area (Å²) in [5.74, 6) is 0.469. The fourth-order valence-corrected chi connectivity index (χ4v) is 2.30. The van der Waals surface area contributed by atoms with Crippen LogP contribution in [-0.4, -0.2) is 10.9 Å². The molecule has 0 aliphatic carbocycles. The molecule has 0 aliphatic heterocycles. The summed E-state index contributed by atoms with van der Waals surface area (Å²) in [6, 6.07) is 12.5. The maximum absolute atomic E-state index is 12.0. The minimum absolute atomic E-state index is 0.161. The molecule has 0 bridgehead atoms. The van der Waals surface area contributed by atoms with Gasteiger partial charge in [0.05, 0.1) is 0 Å². The van der Waals surface area contributed by atoms with Crippen LogP contribution in [0.25, 0.3) is 11.1 Å². The normalized spacial score (nSPS) is 10.8. The molecule has 1 amide bonds. The van der Waals surface area contributed by atoms with Gasteiger partial charge in [-0.25, -0.2) is 4.98 Å². The van der Waals surface area contributed by atoms with Crippen LogP contribution in [0.4, 0.5) is 0 Å². The molecule has 1 N–H and O–H groups in total. The molecule has 0 saturated heterocycles. The summed E-state index contributed by atoms with van der Waals surface area (Å²) in [6.45, 7) is 2.22. The van der Waals surface area contributed by atoms with Gasteiger partial charge in [0.15, 0.2) is 11.5 Å². The van der Waals surface area contributed by atoms with E-state index < -0.39 is 0 Å². The average Bonchev–Trinajstić information content (AvgIpc) is 2.84. The van der Waals surface area contributed by atoms with E-state index in [1.807, 2.05) is 18.2 Å². The van der Waals surface area contributed by atoms with Crippen LogP contribution in [0.15, 0.2) is 46.9 Å². The number of hydrogen-bond donors (Lipinski definition) is 1. The Morgan fingerprint density at radius 3 is 2.95 bits per heavy atom. The average molecular weight is 301 g/mol. The van der Waals surface area contributed by atoms with Crippen molar-refractivity contribution in [3.63, 3.8) is 0 Å². The number of hydrogen-bond acceptors (Lipinski definition) is 3. The molecule has 0 saturated carbocycles. The molecule has 0 unspecified atom stereocenters. The third-order valence-corrected chi connectivity index (χ3v) is 3.33. The van der Waals surface area contributed by atoms with Gasteiger partial charge in [-0.2, -0.15) is 0 Å². The summed E-state index contributed by atoms with van der Waals surface area (Å²) < 4.78 is 5.47. The Morgan fingerprint density at radius 2 is 2.14 bits per heavy atom. The highest BCUT2D eigenvalue weighted by Gasteiger charge is 2.07. The van der Waals surface area contributed by atoms with E-state index in [2.05, 4.69) is 10.3 Å². The lowest BCUT2D eigenvalue weighted by atomic mass is 10.2. The first-order chi connectivity index (χ1) is 10.1. The lowest BCUT2D eigenvalue weighted by molar-refractivity contribution is 0.0951. The number of nitrogens with zero attached hydrogens (tertiary/aromatic N) is 1. The molecule has 0 fully saturated rings. The Hall–Kier alpha value is -2.33. The number of fused-ring (bicyclic) bond motifs is 1. The minimum atomic E-state index is -0.161. The zero-order chi connectivity index (χ0) is 14.8. The van der Waals surface area contributed by atoms with Crippen molar-refractivity contribution >= 4 is 28.6 Å². The highest BCUT2D eigenvalue weighted by Crippen LogP contribution is 2.17. The highest BCUT2D eigenvalue weighted by atomic mass is 35.5. The smallest absolute Gasteiger partial charge is 0.251 e. The zero-order valence-corrected chi connectivity index (χ0v) is 12.1. The van der Waals surface area contributed by atoms with Crippen molar-refractivity contribution in [2.45, 2.75) is 13.5 Å². The number of oxazole rings is 1. The molecule has 3 aromatic rings. The fourth-order valence-electron chi connectivity index (χ4n) is 2.11. The lowest BCUT2D eigenvalue weighted by Crippen LogP contribution is -2.22. The summed E-state index contributed by atoms with van der Waals surface area (Å²) in [4.78, 5) is 16.3. The van der Waals surface area contributed by atoms with Crippen LogP contribution >= 0.6 is 11.6 Å². The molecule has 0 radical (unpaired) electrons. The third-order valence-electron chi connectivity index (χ3n) is 3.10. The summed E-state index contributed by atoms with van der Waals surface area (Å²) in [5, 5.41) is 3.40. The topological polar surface area (TPSA) is 55.1 Å². The molecule has 0 spiro atoms. The Bertz CT molecular complexity index is 811. The Labute approximate surface area is 126 Å². The van der Waals surface area contributed by atoms with Gasteiger partial charge in [-0.15, -0.1) is 0 Å². The number of rotatable bonds is 3. The number of carbonyl (C=O) groups is 1. The summed E-state index contributed by atoms with van der Waals surface area (Å²) >= 11 is 5.87. The van der Waals surface area contributed by atoms with Gasteiger partial charge in [-0.3, -0.25) is 4.79 Å². The summed E-state index contributed by atoms with van der Waals surface area (Å²) in [5.41, 5.74) is 3.03. The van der Waals surface area contributed by atoms with Crippen LogP contribution in [0.5, 0.6) is 0 Å². The predicted octanol–water partition coefficient (Wildman–Crippen LogP) is 3.72.